The van der Waals surface area contributed by atoms with Crippen molar-refractivity contribution in [2.24, 2.45) is 0 Å². The molecule has 0 unspecified atom stereocenters. The van der Waals surface area contributed by atoms with Crippen LogP contribution in [0.5, 0.6) is 17.2 Å². The molecule has 1 amide bonds. The van der Waals surface area contributed by atoms with Gasteiger partial charge in [-0.25, -0.2) is 4.79 Å². The smallest absolute Gasteiger partial charge is 0.352 e. The lowest BCUT2D eigenvalue weighted by molar-refractivity contribution is -0.132. The van der Waals surface area contributed by atoms with E-state index in [-0.39, 0.29) is 11.3 Å². The third kappa shape index (κ3) is 4.92. The predicted molar refractivity (Wildman–Crippen MR) is 101 cm³/mol. The van der Waals surface area contributed by atoms with Gasteiger partial charge in [-0.2, -0.15) is 0 Å². The van der Waals surface area contributed by atoms with Crippen molar-refractivity contribution in [2.75, 3.05) is 21.3 Å². The molecule has 0 saturated carbocycles. The van der Waals surface area contributed by atoms with E-state index in [1.807, 2.05) is 0 Å². The molecule has 0 saturated heterocycles. The van der Waals surface area contributed by atoms with E-state index in [0.29, 0.717) is 27.8 Å². The number of carbonyl (C=O) groups excluding carboxylic acids is 1. The van der Waals surface area contributed by atoms with Crippen LogP contribution in [-0.4, -0.2) is 38.3 Å². The summed E-state index contributed by atoms with van der Waals surface area (Å²) < 4.78 is 15.7. The molecule has 142 valence electrons. The van der Waals surface area contributed by atoms with Crippen molar-refractivity contribution in [3.8, 4) is 17.2 Å². The minimum Gasteiger partial charge on any atom is -0.493 e. The number of amides is 1. The highest BCUT2D eigenvalue weighted by Gasteiger charge is 2.16. The number of halogens is 1. The minimum atomic E-state index is -1.30. The maximum absolute atomic E-state index is 12.3. The second-order valence-electron chi connectivity index (χ2n) is 5.28. The summed E-state index contributed by atoms with van der Waals surface area (Å²) in [5.41, 5.74) is 0.402. The summed E-state index contributed by atoms with van der Waals surface area (Å²) >= 11 is 5.79. The topological polar surface area (TPSA) is 94.1 Å². The van der Waals surface area contributed by atoms with Crippen molar-refractivity contribution < 1.29 is 28.9 Å². The van der Waals surface area contributed by atoms with Gasteiger partial charge in [0, 0.05) is 10.6 Å². The molecule has 0 spiro atoms. The van der Waals surface area contributed by atoms with E-state index in [4.69, 9.17) is 25.8 Å². The summed E-state index contributed by atoms with van der Waals surface area (Å²) in [6, 6.07) is 9.21. The number of benzene rings is 2. The number of hydrogen-bond acceptors (Lipinski definition) is 5. The Morgan fingerprint density at radius 1 is 1.00 bits per heavy atom. The van der Waals surface area contributed by atoms with Gasteiger partial charge in [-0.05, 0) is 48.0 Å². The standard InChI is InChI=1S/C19H18ClNO6/c1-25-15-9-11(10-16(26-2)17(15)27-3)8-14(19(23)24)21-18(22)12-4-6-13(20)7-5-12/h4-10H,1-3H3,(H,21,22)(H,23,24)/b14-8+. The number of aliphatic carboxylic acids is 1. The number of carbonyl (C=O) groups is 2. The van der Waals surface area contributed by atoms with Gasteiger partial charge >= 0.3 is 5.97 Å². The van der Waals surface area contributed by atoms with Crippen LogP contribution in [0.15, 0.2) is 42.1 Å². The Kier molecular flexibility index (Phi) is 6.67. The van der Waals surface area contributed by atoms with Gasteiger partial charge in [-0.1, -0.05) is 11.6 Å². The fourth-order valence-electron chi connectivity index (χ4n) is 2.30. The van der Waals surface area contributed by atoms with E-state index in [1.165, 1.54) is 39.5 Å². The van der Waals surface area contributed by atoms with Gasteiger partial charge in [0.25, 0.3) is 5.91 Å². The molecule has 0 aliphatic heterocycles. The summed E-state index contributed by atoms with van der Waals surface area (Å²) in [6.45, 7) is 0. The van der Waals surface area contributed by atoms with Crippen molar-refractivity contribution in [3.63, 3.8) is 0 Å². The lowest BCUT2D eigenvalue weighted by Gasteiger charge is -2.13. The number of carboxylic acids is 1. The molecule has 2 aromatic rings. The minimum absolute atomic E-state index is 0.274. The van der Waals surface area contributed by atoms with Gasteiger partial charge in [0.2, 0.25) is 5.75 Å². The van der Waals surface area contributed by atoms with Gasteiger partial charge in [-0.3, -0.25) is 4.79 Å². The maximum Gasteiger partial charge on any atom is 0.352 e. The van der Waals surface area contributed by atoms with Crippen LogP contribution < -0.4 is 19.5 Å². The molecular weight excluding hydrogens is 374 g/mol. The zero-order chi connectivity index (χ0) is 20.0. The molecule has 0 bridgehead atoms. The van der Waals surface area contributed by atoms with E-state index in [0.717, 1.165) is 0 Å². The highest BCUT2D eigenvalue weighted by Crippen LogP contribution is 2.38. The van der Waals surface area contributed by atoms with Crippen LogP contribution in [0.25, 0.3) is 6.08 Å². The third-order valence-corrected chi connectivity index (χ3v) is 3.84. The van der Waals surface area contributed by atoms with E-state index < -0.39 is 11.9 Å². The fourth-order valence-corrected chi connectivity index (χ4v) is 2.42. The molecule has 0 heterocycles. The van der Waals surface area contributed by atoms with Crippen LogP contribution in [-0.2, 0) is 4.79 Å². The number of hydrogen-bond donors (Lipinski definition) is 2. The van der Waals surface area contributed by atoms with Crippen molar-refractivity contribution in [1.29, 1.82) is 0 Å². The third-order valence-electron chi connectivity index (χ3n) is 3.58. The first-order chi connectivity index (χ1) is 12.9. The van der Waals surface area contributed by atoms with Crippen molar-refractivity contribution in [3.05, 3.63) is 58.2 Å². The van der Waals surface area contributed by atoms with E-state index in [2.05, 4.69) is 5.32 Å². The van der Waals surface area contributed by atoms with Crippen LogP contribution in [0.2, 0.25) is 5.02 Å². The van der Waals surface area contributed by atoms with Gasteiger partial charge in [-0.15, -0.1) is 0 Å². The second kappa shape index (κ2) is 8.95. The Morgan fingerprint density at radius 2 is 1.56 bits per heavy atom. The number of methoxy groups -OCH3 is 3. The average molecular weight is 392 g/mol. The number of nitrogens with one attached hydrogen (secondary N) is 1. The Hall–Kier alpha value is -3.19. The Morgan fingerprint density at radius 3 is 2.00 bits per heavy atom. The van der Waals surface area contributed by atoms with Gasteiger partial charge in [0.15, 0.2) is 11.5 Å². The van der Waals surface area contributed by atoms with Crippen molar-refractivity contribution >= 4 is 29.6 Å². The Balaban J connectivity index is 2.38. The lowest BCUT2D eigenvalue weighted by atomic mass is 10.1. The van der Waals surface area contributed by atoms with Crippen molar-refractivity contribution in [2.45, 2.75) is 0 Å². The first-order valence-corrected chi connectivity index (χ1v) is 8.09. The van der Waals surface area contributed by atoms with Crippen LogP contribution in [0.4, 0.5) is 0 Å². The molecule has 2 N–H and O–H groups in total. The lowest BCUT2D eigenvalue weighted by Crippen LogP contribution is -2.27. The van der Waals surface area contributed by atoms with Crippen molar-refractivity contribution in [1.82, 2.24) is 5.32 Å². The molecule has 0 fully saturated rings. The molecule has 0 aliphatic carbocycles. The van der Waals surface area contributed by atoms with E-state index in [1.54, 1.807) is 24.3 Å². The highest BCUT2D eigenvalue weighted by molar-refractivity contribution is 6.30. The first-order valence-electron chi connectivity index (χ1n) is 7.71. The number of rotatable bonds is 7. The summed E-state index contributed by atoms with van der Waals surface area (Å²) in [5, 5.41) is 12.3. The molecule has 2 rings (SSSR count). The predicted octanol–water partition coefficient (Wildman–Crippen LogP) is 3.22. The average Bonchev–Trinajstić information content (AvgIpc) is 2.66. The molecule has 0 atom stereocenters. The van der Waals surface area contributed by atoms with Crippen LogP contribution in [0.1, 0.15) is 15.9 Å². The molecule has 0 radical (unpaired) electrons. The number of ether oxygens (including phenoxy) is 3. The summed E-state index contributed by atoms with van der Waals surface area (Å²) in [4.78, 5) is 23.8. The molecular formula is C19H18ClNO6. The monoisotopic (exact) mass is 391 g/mol. The van der Waals surface area contributed by atoms with Crippen LogP contribution in [0, 0.1) is 0 Å². The SMILES string of the molecule is COc1cc(/C=C(/NC(=O)c2ccc(Cl)cc2)C(=O)O)cc(OC)c1OC. The summed E-state index contributed by atoms with van der Waals surface area (Å²) in [6.07, 6.45) is 1.29. The largest absolute Gasteiger partial charge is 0.493 e. The summed E-state index contributed by atoms with van der Waals surface area (Å²) in [5.74, 6) is -0.785. The Labute approximate surface area is 161 Å². The zero-order valence-corrected chi connectivity index (χ0v) is 15.7. The second-order valence-corrected chi connectivity index (χ2v) is 5.72. The molecule has 2 aromatic carbocycles. The first kappa shape index (κ1) is 20.1. The summed E-state index contributed by atoms with van der Waals surface area (Å²) in [7, 11) is 4.36. The number of carboxylic acid groups (broad SMARTS) is 1. The molecule has 27 heavy (non-hydrogen) atoms. The van der Waals surface area contributed by atoms with Gasteiger partial charge in [0.05, 0.1) is 21.3 Å². The fraction of sp³-hybridized carbons (Fsp3) is 0.158. The van der Waals surface area contributed by atoms with Gasteiger partial charge in [0.1, 0.15) is 5.70 Å². The molecule has 8 heteroatoms. The highest BCUT2D eigenvalue weighted by atomic mass is 35.5. The van der Waals surface area contributed by atoms with Crippen LogP contribution >= 0.6 is 11.6 Å². The zero-order valence-electron chi connectivity index (χ0n) is 14.9. The molecule has 7 nitrogen and oxygen atoms in total. The van der Waals surface area contributed by atoms with Crippen LogP contribution in [0.3, 0.4) is 0 Å². The quantitative estimate of drug-likeness (QED) is 0.704. The Bertz CT molecular complexity index is 851. The van der Waals surface area contributed by atoms with E-state index in [9.17, 15) is 14.7 Å². The normalized spacial score (nSPS) is 10.9. The van der Waals surface area contributed by atoms with Gasteiger partial charge < -0.3 is 24.6 Å². The molecule has 0 aliphatic rings. The van der Waals surface area contributed by atoms with E-state index >= 15 is 0 Å². The molecule has 0 aromatic heterocycles. The maximum atomic E-state index is 12.3.